The Balaban J connectivity index is 1.90. The Labute approximate surface area is 205 Å². The number of hydrogen-bond acceptors (Lipinski definition) is 12. The first kappa shape index (κ1) is 22.8. The second-order valence-corrected chi connectivity index (χ2v) is 8.96. The maximum absolute atomic E-state index is 12.7. The van der Waals surface area contributed by atoms with Crippen LogP contribution in [0.1, 0.15) is 11.1 Å². The number of rotatable bonds is 2. The quantitative estimate of drug-likeness (QED) is 0.585. The van der Waals surface area contributed by atoms with Crippen LogP contribution >= 0.6 is 22.9 Å². The molecule has 1 atom stereocenters. The summed E-state index contributed by atoms with van der Waals surface area (Å²) in [5.41, 5.74) is 4.55. The number of halogens is 1. The number of hydrogen-bond donors (Lipinski definition) is 1. The summed E-state index contributed by atoms with van der Waals surface area (Å²) in [4.78, 5) is 60.5. The lowest BCUT2D eigenvalue weighted by Gasteiger charge is -2.46. The first-order valence-electron chi connectivity index (χ1n) is 9.99. The van der Waals surface area contributed by atoms with Crippen molar-refractivity contribution in [2.75, 3.05) is 11.6 Å². The van der Waals surface area contributed by atoms with Crippen LogP contribution in [0.2, 0.25) is 4.34 Å². The largest absolute Gasteiger partial charge is 0.428 e. The summed E-state index contributed by atoms with van der Waals surface area (Å²) in [6.45, 7) is -0.707. The first-order chi connectivity index (χ1) is 16.8. The lowest BCUT2D eigenvalue weighted by atomic mass is 10.0. The molecule has 0 saturated carbocycles. The lowest BCUT2D eigenvalue weighted by molar-refractivity contribution is -0.298. The van der Waals surface area contributed by atoms with Crippen molar-refractivity contribution < 1.29 is 38.2 Å². The number of aliphatic imine (C=N–C) groups is 1. The topological polar surface area (TPSA) is 147 Å². The summed E-state index contributed by atoms with van der Waals surface area (Å²) in [5, 5.41) is 0.939. The number of thiophene rings is 1. The van der Waals surface area contributed by atoms with Crippen LogP contribution in [0, 0.1) is 0 Å². The molecule has 0 bridgehead atoms. The van der Waals surface area contributed by atoms with E-state index in [4.69, 9.17) is 36.4 Å². The van der Waals surface area contributed by atoms with Gasteiger partial charge in [0.25, 0.3) is 0 Å². The van der Waals surface area contributed by atoms with Crippen molar-refractivity contribution in [1.82, 2.24) is 0 Å². The van der Waals surface area contributed by atoms with E-state index in [1.807, 2.05) is 0 Å². The lowest BCUT2D eigenvalue weighted by Crippen LogP contribution is -2.72. The van der Waals surface area contributed by atoms with Gasteiger partial charge in [-0.2, -0.15) is 4.99 Å². The molecular weight excluding hydrogens is 502 g/mol. The molecule has 0 radical (unpaired) electrons. The Morgan fingerprint density at radius 3 is 2.14 bits per heavy atom. The van der Waals surface area contributed by atoms with Crippen LogP contribution in [-0.4, -0.2) is 47.8 Å². The normalized spacial score (nSPS) is 23.8. The molecule has 11 nitrogen and oxygen atoms in total. The van der Waals surface area contributed by atoms with Gasteiger partial charge in [-0.1, -0.05) is 41.9 Å². The van der Waals surface area contributed by atoms with Crippen molar-refractivity contribution in [2.45, 2.75) is 11.6 Å². The molecule has 4 heterocycles. The number of anilines is 1. The maximum atomic E-state index is 12.7. The molecule has 0 amide bonds. The van der Waals surface area contributed by atoms with E-state index in [2.05, 4.69) is 4.99 Å². The Morgan fingerprint density at radius 1 is 0.914 bits per heavy atom. The van der Waals surface area contributed by atoms with Gasteiger partial charge in [0.2, 0.25) is 0 Å². The number of benzene rings is 1. The third-order valence-electron chi connectivity index (χ3n) is 5.17. The zero-order chi connectivity index (χ0) is 24.8. The first-order valence-corrected chi connectivity index (χ1v) is 11.2. The van der Waals surface area contributed by atoms with Crippen molar-refractivity contribution in [3.8, 4) is 0 Å². The monoisotopic (exact) mass is 515 g/mol. The molecule has 0 fully saturated rings. The molecule has 1 aromatic carbocycles. The Bertz CT molecular complexity index is 1330. The molecule has 3 aliphatic rings. The number of carbonyl (C=O) groups is 4. The van der Waals surface area contributed by atoms with E-state index in [-0.39, 0.29) is 15.0 Å². The van der Waals surface area contributed by atoms with Gasteiger partial charge in [-0.05, 0) is 6.07 Å². The molecule has 13 heteroatoms. The van der Waals surface area contributed by atoms with Crippen LogP contribution < -0.4 is 10.8 Å². The fourth-order valence-electron chi connectivity index (χ4n) is 3.71. The van der Waals surface area contributed by atoms with Crippen LogP contribution in [0.25, 0.3) is 0 Å². The fraction of sp³-hybridized carbons (Fsp3) is 0.136. The van der Waals surface area contributed by atoms with Gasteiger partial charge in [-0.15, -0.1) is 16.4 Å². The van der Waals surface area contributed by atoms with Crippen LogP contribution in [0.4, 0.5) is 5.00 Å². The van der Waals surface area contributed by atoms with Crippen molar-refractivity contribution in [2.24, 2.45) is 10.7 Å². The predicted octanol–water partition coefficient (Wildman–Crippen LogP) is 1.60. The van der Waals surface area contributed by atoms with Crippen molar-refractivity contribution in [3.63, 3.8) is 0 Å². The predicted molar refractivity (Wildman–Crippen MR) is 121 cm³/mol. The molecule has 0 aliphatic carbocycles. The number of hydroxylamine groups is 1. The van der Waals surface area contributed by atoms with Gasteiger partial charge in [-0.25, -0.2) is 19.2 Å². The molecule has 1 spiro atoms. The highest BCUT2D eigenvalue weighted by Gasteiger charge is 2.69. The van der Waals surface area contributed by atoms with Crippen molar-refractivity contribution >= 4 is 57.5 Å². The van der Waals surface area contributed by atoms with E-state index in [0.717, 1.165) is 40.7 Å². The van der Waals surface area contributed by atoms with Crippen LogP contribution in [0.3, 0.4) is 0 Å². The van der Waals surface area contributed by atoms with Crippen LogP contribution in [0.15, 0.2) is 65.7 Å². The highest BCUT2D eigenvalue weighted by atomic mass is 35.5. The fourth-order valence-corrected chi connectivity index (χ4v) is 4.93. The number of ether oxygens (including phenoxy) is 3. The van der Waals surface area contributed by atoms with E-state index in [1.165, 1.54) is 6.07 Å². The summed E-state index contributed by atoms with van der Waals surface area (Å²) in [5.74, 6) is -6.90. The van der Waals surface area contributed by atoms with Crippen molar-refractivity contribution in [1.29, 1.82) is 0 Å². The van der Waals surface area contributed by atoms with E-state index in [0.29, 0.717) is 11.1 Å². The average Bonchev–Trinajstić information content (AvgIpc) is 3.11. The van der Waals surface area contributed by atoms with E-state index >= 15 is 0 Å². The highest BCUT2D eigenvalue weighted by molar-refractivity contribution is 7.20. The summed E-state index contributed by atoms with van der Waals surface area (Å²) >= 11 is 7.27. The number of fused-ring (bicyclic) bond motifs is 4. The number of nitrogens with two attached hydrogens (primary N) is 1. The molecule has 2 aromatic rings. The number of carbonyl (C=O) groups excluding carboxylic acids is 4. The van der Waals surface area contributed by atoms with Gasteiger partial charge in [-0.3, -0.25) is 0 Å². The standard InChI is InChI=1S/C22H14ClN3O8S/c23-14-10-13-19(12-4-2-1-3-5-12)25-22(32-16(28)6-7-17(29)33-22)21(11-24)26(20(13)35-14)34-18(30)9-8-15(27)31-21/h1-10H,11,24H2/b9-8-. The highest BCUT2D eigenvalue weighted by Crippen LogP contribution is 2.49. The smallest absolute Gasteiger partial charge is 0.420 e. The van der Waals surface area contributed by atoms with Gasteiger partial charge in [0, 0.05) is 35.4 Å². The third-order valence-corrected chi connectivity index (χ3v) is 6.40. The van der Waals surface area contributed by atoms with Gasteiger partial charge < -0.3 is 24.8 Å². The van der Waals surface area contributed by atoms with Gasteiger partial charge in [0.15, 0.2) is 0 Å². The molecule has 178 valence electrons. The minimum Gasteiger partial charge on any atom is -0.420 e. The molecule has 1 unspecified atom stereocenters. The SMILES string of the molecule is NCC12OC(=O)/C=C\C(=O)ON1c1sc(Cl)cc1C(c1ccccc1)=NC21OC(=O)C=CC(=O)O1. The third kappa shape index (κ3) is 3.67. The van der Waals surface area contributed by atoms with Crippen LogP contribution in [0.5, 0.6) is 0 Å². The Morgan fingerprint density at radius 2 is 1.51 bits per heavy atom. The molecule has 1 aromatic heterocycles. The van der Waals surface area contributed by atoms with E-state index < -0.39 is 42.1 Å². The van der Waals surface area contributed by atoms with Gasteiger partial charge in [0.1, 0.15) is 5.00 Å². The minimum atomic E-state index is -2.74. The molecule has 35 heavy (non-hydrogen) atoms. The summed E-state index contributed by atoms with van der Waals surface area (Å²) in [6.07, 6.45) is 3.26. The second-order valence-electron chi connectivity index (χ2n) is 7.30. The Kier molecular flexibility index (Phi) is 5.43. The minimum absolute atomic E-state index is 0.126. The number of esters is 3. The molecule has 2 N–H and O–H groups in total. The summed E-state index contributed by atoms with van der Waals surface area (Å²) in [6, 6.07) is 10.1. The zero-order valence-electron chi connectivity index (χ0n) is 17.5. The molecular formula is C22H14ClN3O8S. The van der Waals surface area contributed by atoms with Gasteiger partial charge in [0.05, 0.1) is 16.6 Å². The Hall–Kier alpha value is -4.00. The number of nitrogens with zero attached hydrogens (tertiary/aromatic N) is 2. The van der Waals surface area contributed by atoms with E-state index in [9.17, 15) is 19.2 Å². The van der Waals surface area contributed by atoms with Gasteiger partial charge >= 0.3 is 35.5 Å². The maximum Gasteiger partial charge on any atom is 0.428 e. The molecule has 0 saturated heterocycles. The second kappa shape index (κ2) is 8.34. The average molecular weight is 516 g/mol. The van der Waals surface area contributed by atoms with Crippen LogP contribution in [-0.2, 0) is 38.2 Å². The zero-order valence-corrected chi connectivity index (χ0v) is 19.1. The summed E-state index contributed by atoms with van der Waals surface area (Å²) in [7, 11) is 0. The van der Waals surface area contributed by atoms with Crippen molar-refractivity contribution in [3.05, 3.63) is 76.2 Å². The molecule has 5 rings (SSSR count). The van der Waals surface area contributed by atoms with E-state index in [1.54, 1.807) is 30.3 Å². The summed E-state index contributed by atoms with van der Waals surface area (Å²) < 4.78 is 16.9. The molecule has 3 aliphatic heterocycles.